The SMILES string of the molecule is CCCC(CN)NN1C(C)CCCC1C. The van der Waals surface area contributed by atoms with Crippen molar-refractivity contribution >= 4 is 0 Å². The molecule has 90 valence electrons. The van der Waals surface area contributed by atoms with Crippen molar-refractivity contribution in [2.45, 2.75) is 71.0 Å². The van der Waals surface area contributed by atoms with Crippen LogP contribution in [0.15, 0.2) is 0 Å². The molecular weight excluding hydrogens is 186 g/mol. The number of hydrogen-bond acceptors (Lipinski definition) is 3. The number of hydrazine groups is 1. The largest absolute Gasteiger partial charge is 0.329 e. The number of hydrogen-bond donors (Lipinski definition) is 2. The lowest BCUT2D eigenvalue weighted by atomic mass is 9.99. The average molecular weight is 213 g/mol. The molecule has 1 aliphatic heterocycles. The zero-order valence-corrected chi connectivity index (χ0v) is 10.5. The number of nitrogens with one attached hydrogen (secondary N) is 1. The third kappa shape index (κ3) is 3.74. The summed E-state index contributed by atoms with van der Waals surface area (Å²) >= 11 is 0. The van der Waals surface area contributed by atoms with Gasteiger partial charge in [-0.25, -0.2) is 5.01 Å². The van der Waals surface area contributed by atoms with Crippen molar-refractivity contribution in [3.63, 3.8) is 0 Å². The number of nitrogens with two attached hydrogens (primary N) is 1. The van der Waals surface area contributed by atoms with Crippen molar-refractivity contribution < 1.29 is 0 Å². The van der Waals surface area contributed by atoms with E-state index in [0.717, 1.165) is 6.54 Å². The molecule has 1 saturated heterocycles. The number of rotatable bonds is 5. The van der Waals surface area contributed by atoms with E-state index >= 15 is 0 Å². The maximum Gasteiger partial charge on any atom is 0.0337 e. The molecule has 0 amide bonds. The summed E-state index contributed by atoms with van der Waals surface area (Å²) in [5, 5.41) is 2.43. The first-order chi connectivity index (χ1) is 7.19. The predicted octanol–water partition coefficient (Wildman–Crippen LogP) is 1.88. The highest BCUT2D eigenvalue weighted by atomic mass is 15.5. The Balaban J connectivity index is 2.45. The van der Waals surface area contributed by atoms with Crippen LogP contribution in [0.5, 0.6) is 0 Å². The second-order valence-corrected chi connectivity index (χ2v) is 4.89. The van der Waals surface area contributed by atoms with E-state index in [4.69, 9.17) is 5.73 Å². The molecule has 3 heteroatoms. The van der Waals surface area contributed by atoms with E-state index in [1.165, 1.54) is 32.1 Å². The van der Waals surface area contributed by atoms with E-state index in [2.05, 4.69) is 31.2 Å². The summed E-state index contributed by atoms with van der Waals surface area (Å²) in [7, 11) is 0. The minimum Gasteiger partial charge on any atom is -0.329 e. The van der Waals surface area contributed by atoms with Crippen molar-refractivity contribution in [3.8, 4) is 0 Å². The van der Waals surface area contributed by atoms with Crippen molar-refractivity contribution in [1.29, 1.82) is 0 Å². The molecule has 0 radical (unpaired) electrons. The van der Waals surface area contributed by atoms with Crippen LogP contribution in [0.4, 0.5) is 0 Å². The van der Waals surface area contributed by atoms with Gasteiger partial charge in [0.2, 0.25) is 0 Å². The zero-order valence-electron chi connectivity index (χ0n) is 10.5. The average Bonchev–Trinajstić information content (AvgIpc) is 2.22. The molecule has 1 fully saturated rings. The van der Waals surface area contributed by atoms with Crippen LogP contribution in [-0.4, -0.2) is 29.7 Å². The first kappa shape index (κ1) is 12.9. The van der Waals surface area contributed by atoms with Gasteiger partial charge in [0, 0.05) is 24.7 Å². The van der Waals surface area contributed by atoms with Gasteiger partial charge in [-0.1, -0.05) is 19.8 Å². The van der Waals surface area contributed by atoms with Gasteiger partial charge in [-0.05, 0) is 33.1 Å². The third-order valence-electron chi connectivity index (χ3n) is 3.45. The molecule has 0 bridgehead atoms. The van der Waals surface area contributed by atoms with E-state index in [1.54, 1.807) is 0 Å². The van der Waals surface area contributed by atoms with Crippen LogP contribution < -0.4 is 11.2 Å². The van der Waals surface area contributed by atoms with Gasteiger partial charge in [-0.2, -0.15) is 0 Å². The van der Waals surface area contributed by atoms with Crippen LogP contribution in [0.25, 0.3) is 0 Å². The van der Waals surface area contributed by atoms with E-state index in [-0.39, 0.29) is 0 Å². The molecule has 0 aromatic carbocycles. The summed E-state index contributed by atoms with van der Waals surface area (Å²) in [6.07, 6.45) is 6.35. The normalized spacial score (nSPS) is 30.4. The van der Waals surface area contributed by atoms with E-state index in [1.807, 2.05) is 0 Å². The molecule has 0 saturated carbocycles. The minimum absolute atomic E-state index is 0.456. The fourth-order valence-electron chi connectivity index (χ4n) is 2.47. The molecule has 15 heavy (non-hydrogen) atoms. The smallest absolute Gasteiger partial charge is 0.0337 e. The Morgan fingerprint density at radius 2 is 1.93 bits per heavy atom. The molecule has 1 rings (SSSR count). The van der Waals surface area contributed by atoms with Gasteiger partial charge in [-0.15, -0.1) is 0 Å². The van der Waals surface area contributed by atoms with Crippen molar-refractivity contribution in [1.82, 2.24) is 10.4 Å². The molecule has 1 aliphatic rings. The van der Waals surface area contributed by atoms with Crippen LogP contribution in [0, 0.1) is 0 Å². The summed E-state index contributed by atoms with van der Waals surface area (Å²) in [4.78, 5) is 0. The Kier molecular flexibility index (Phi) is 5.58. The van der Waals surface area contributed by atoms with Gasteiger partial charge in [0.25, 0.3) is 0 Å². The van der Waals surface area contributed by atoms with Crippen molar-refractivity contribution in [2.24, 2.45) is 5.73 Å². The molecular formula is C12H27N3. The van der Waals surface area contributed by atoms with Gasteiger partial charge in [-0.3, -0.25) is 5.43 Å². The molecule has 0 aromatic rings. The first-order valence-electron chi connectivity index (χ1n) is 6.43. The molecule has 3 N–H and O–H groups in total. The fourth-order valence-corrected chi connectivity index (χ4v) is 2.47. The van der Waals surface area contributed by atoms with Gasteiger partial charge in [0.15, 0.2) is 0 Å². The Hall–Kier alpha value is -0.120. The molecule has 0 spiro atoms. The van der Waals surface area contributed by atoms with Gasteiger partial charge in [0.05, 0.1) is 0 Å². The van der Waals surface area contributed by atoms with Crippen LogP contribution in [0.3, 0.4) is 0 Å². The standard InChI is InChI=1S/C12H27N3/c1-4-6-12(9-13)14-15-10(2)7-5-8-11(15)3/h10-12,14H,4-9,13H2,1-3H3. The monoisotopic (exact) mass is 213 g/mol. The molecule has 3 nitrogen and oxygen atoms in total. The van der Waals surface area contributed by atoms with E-state index in [0.29, 0.717) is 18.1 Å². The van der Waals surface area contributed by atoms with Crippen LogP contribution in [0.1, 0.15) is 52.9 Å². The first-order valence-corrected chi connectivity index (χ1v) is 6.43. The number of nitrogens with zero attached hydrogens (tertiary/aromatic N) is 1. The molecule has 3 unspecified atom stereocenters. The summed E-state index contributed by atoms with van der Waals surface area (Å²) in [5.41, 5.74) is 9.39. The second-order valence-electron chi connectivity index (χ2n) is 4.89. The topological polar surface area (TPSA) is 41.3 Å². The maximum atomic E-state index is 5.78. The molecule has 1 heterocycles. The highest BCUT2D eigenvalue weighted by molar-refractivity contribution is 4.79. The fraction of sp³-hybridized carbons (Fsp3) is 1.00. The highest BCUT2D eigenvalue weighted by Crippen LogP contribution is 2.20. The van der Waals surface area contributed by atoms with Gasteiger partial charge >= 0.3 is 0 Å². The lowest BCUT2D eigenvalue weighted by Gasteiger charge is -2.41. The summed E-state index contributed by atoms with van der Waals surface area (Å²) < 4.78 is 0. The van der Waals surface area contributed by atoms with Crippen molar-refractivity contribution in [2.75, 3.05) is 6.54 Å². The summed E-state index contributed by atoms with van der Waals surface area (Å²) in [5.74, 6) is 0. The minimum atomic E-state index is 0.456. The Bertz CT molecular complexity index is 162. The molecule has 3 atom stereocenters. The van der Waals surface area contributed by atoms with Crippen molar-refractivity contribution in [3.05, 3.63) is 0 Å². The molecule has 0 aromatic heterocycles. The molecule has 0 aliphatic carbocycles. The number of piperidine rings is 1. The van der Waals surface area contributed by atoms with Gasteiger partial charge < -0.3 is 5.73 Å². The van der Waals surface area contributed by atoms with Crippen LogP contribution in [-0.2, 0) is 0 Å². The lowest BCUT2D eigenvalue weighted by Crippen LogP contribution is -2.56. The lowest BCUT2D eigenvalue weighted by molar-refractivity contribution is 0.0292. The quantitative estimate of drug-likeness (QED) is 0.732. The Morgan fingerprint density at radius 1 is 1.33 bits per heavy atom. The third-order valence-corrected chi connectivity index (χ3v) is 3.45. The van der Waals surface area contributed by atoms with E-state index < -0.39 is 0 Å². The summed E-state index contributed by atoms with van der Waals surface area (Å²) in [6, 6.07) is 1.76. The second kappa shape index (κ2) is 6.46. The zero-order chi connectivity index (χ0) is 11.3. The maximum absolute atomic E-state index is 5.78. The van der Waals surface area contributed by atoms with Gasteiger partial charge in [0.1, 0.15) is 0 Å². The summed E-state index contributed by atoms with van der Waals surface area (Å²) in [6.45, 7) is 7.57. The Labute approximate surface area is 94.4 Å². The Morgan fingerprint density at radius 3 is 2.40 bits per heavy atom. The predicted molar refractivity (Wildman–Crippen MR) is 65.5 cm³/mol. The van der Waals surface area contributed by atoms with Crippen LogP contribution in [0.2, 0.25) is 0 Å². The van der Waals surface area contributed by atoms with Crippen LogP contribution >= 0.6 is 0 Å². The van der Waals surface area contributed by atoms with E-state index in [9.17, 15) is 0 Å². The highest BCUT2D eigenvalue weighted by Gasteiger charge is 2.25.